The van der Waals surface area contributed by atoms with Gasteiger partial charge in [0.25, 0.3) is 0 Å². The van der Waals surface area contributed by atoms with Gasteiger partial charge in [-0.25, -0.2) is 0 Å². The SMILES string of the molecule is CCOc1ccc(-n2c(SCc3c(Cl)cccc3Cl)nnc2-c2ccc(Cl)cc2)cc1. The molecule has 1 aromatic heterocycles. The van der Waals surface area contributed by atoms with Gasteiger partial charge in [-0.2, -0.15) is 0 Å². The lowest BCUT2D eigenvalue weighted by Crippen LogP contribution is -2.00. The number of hydrogen-bond acceptors (Lipinski definition) is 4. The Kier molecular flexibility index (Phi) is 7.08. The predicted molar refractivity (Wildman–Crippen MR) is 129 cm³/mol. The van der Waals surface area contributed by atoms with Gasteiger partial charge in [-0.1, -0.05) is 52.6 Å². The van der Waals surface area contributed by atoms with E-state index in [1.54, 1.807) is 0 Å². The summed E-state index contributed by atoms with van der Waals surface area (Å²) < 4.78 is 7.59. The van der Waals surface area contributed by atoms with E-state index >= 15 is 0 Å². The van der Waals surface area contributed by atoms with Gasteiger partial charge < -0.3 is 4.74 Å². The Morgan fingerprint density at radius 1 is 0.871 bits per heavy atom. The Labute approximate surface area is 200 Å². The van der Waals surface area contributed by atoms with Gasteiger partial charge in [0.1, 0.15) is 5.75 Å². The summed E-state index contributed by atoms with van der Waals surface area (Å²) in [5.74, 6) is 2.09. The van der Waals surface area contributed by atoms with Crippen molar-refractivity contribution in [3.63, 3.8) is 0 Å². The van der Waals surface area contributed by atoms with Crippen molar-refractivity contribution >= 4 is 46.6 Å². The summed E-state index contributed by atoms with van der Waals surface area (Å²) in [5, 5.41) is 11.6. The lowest BCUT2D eigenvalue weighted by Gasteiger charge is -2.12. The van der Waals surface area contributed by atoms with Crippen LogP contribution in [0.3, 0.4) is 0 Å². The first-order valence-corrected chi connectivity index (χ1v) is 11.7. The van der Waals surface area contributed by atoms with Gasteiger partial charge in [0.15, 0.2) is 11.0 Å². The van der Waals surface area contributed by atoms with Crippen molar-refractivity contribution in [1.29, 1.82) is 0 Å². The summed E-state index contributed by atoms with van der Waals surface area (Å²) in [6, 6.07) is 20.9. The highest BCUT2D eigenvalue weighted by atomic mass is 35.5. The maximum absolute atomic E-state index is 6.35. The number of rotatable bonds is 7. The molecule has 158 valence electrons. The van der Waals surface area contributed by atoms with E-state index in [0.717, 1.165) is 27.7 Å². The van der Waals surface area contributed by atoms with Crippen LogP contribution in [-0.2, 0) is 5.75 Å². The fourth-order valence-electron chi connectivity index (χ4n) is 3.05. The third-order valence-corrected chi connectivity index (χ3v) is 6.46. The smallest absolute Gasteiger partial charge is 0.196 e. The molecule has 0 amide bonds. The summed E-state index contributed by atoms with van der Waals surface area (Å²) in [6.45, 7) is 2.57. The van der Waals surface area contributed by atoms with Gasteiger partial charge in [0.2, 0.25) is 0 Å². The zero-order chi connectivity index (χ0) is 21.8. The molecule has 4 rings (SSSR count). The monoisotopic (exact) mass is 489 g/mol. The summed E-state index contributed by atoms with van der Waals surface area (Å²) in [6.07, 6.45) is 0. The van der Waals surface area contributed by atoms with Crippen molar-refractivity contribution in [3.8, 4) is 22.8 Å². The van der Waals surface area contributed by atoms with Gasteiger partial charge in [-0.15, -0.1) is 10.2 Å². The third kappa shape index (κ3) is 5.01. The average molecular weight is 491 g/mol. The summed E-state index contributed by atoms with van der Waals surface area (Å²) in [5.41, 5.74) is 2.70. The first-order valence-electron chi connectivity index (χ1n) is 9.57. The van der Waals surface area contributed by atoms with E-state index in [2.05, 4.69) is 10.2 Å². The minimum absolute atomic E-state index is 0.564. The van der Waals surface area contributed by atoms with Crippen molar-refractivity contribution in [2.75, 3.05) is 6.61 Å². The molecule has 4 nitrogen and oxygen atoms in total. The topological polar surface area (TPSA) is 39.9 Å². The number of thioether (sulfide) groups is 1. The number of benzene rings is 3. The Hall–Kier alpha value is -2.18. The van der Waals surface area contributed by atoms with Crippen LogP contribution >= 0.6 is 46.6 Å². The van der Waals surface area contributed by atoms with Crippen LogP contribution in [0.25, 0.3) is 17.1 Å². The lowest BCUT2D eigenvalue weighted by atomic mass is 10.2. The molecule has 0 fully saturated rings. The van der Waals surface area contributed by atoms with Crippen LogP contribution in [0.5, 0.6) is 5.75 Å². The third-order valence-electron chi connectivity index (χ3n) is 4.55. The molecule has 0 saturated heterocycles. The van der Waals surface area contributed by atoms with Gasteiger partial charge in [0, 0.05) is 32.1 Å². The number of hydrogen-bond donors (Lipinski definition) is 0. The van der Waals surface area contributed by atoms with E-state index in [0.29, 0.717) is 33.3 Å². The second-order valence-electron chi connectivity index (χ2n) is 6.56. The normalized spacial score (nSPS) is 11.0. The largest absolute Gasteiger partial charge is 0.494 e. The van der Waals surface area contributed by atoms with Gasteiger partial charge in [0.05, 0.1) is 6.61 Å². The van der Waals surface area contributed by atoms with Crippen molar-refractivity contribution in [3.05, 3.63) is 87.4 Å². The quantitative estimate of drug-likeness (QED) is 0.250. The molecule has 0 spiro atoms. The predicted octanol–water partition coefficient (Wildman–Crippen LogP) is 7.59. The first-order chi connectivity index (χ1) is 15.1. The Balaban J connectivity index is 1.73. The molecule has 0 bridgehead atoms. The number of halogens is 3. The molecule has 0 unspecified atom stereocenters. The Morgan fingerprint density at radius 3 is 2.19 bits per heavy atom. The Bertz CT molecular complexity index is 1160. The van der Waals surface area contributed by atoms with Crippen LogP contribution in [0.1, 0.15) is 12.5 Å². The van der Waals surface area contributed by atoms with E-state index in [1.807, 2.05) is 78.2 Å². The molecular formula is C23H18Cl3N3OS. The highest BCUT2D eigenvalue weighted by molar-refractivity contribution is 7.98. The summed E-state index contributed by atoms with van der Waals surface area (Å²) in [7, 11) is 0. The minimum Gasteiger partial charge on any atom is -0.494 e. The molecule has 0 atom stereocenters. The zero-order valence-electron chi connectivity index (χ0n) is 16.6. The van der Waals surface area contributed by atoms with E-state index in [9.17, 15) is 0 Å². The molecular weight excluding hydrogens is 473 g/mol. The molecule has 0 N–H and O–H groups in total. The maximum atomic E-state index is 6.35. The van der Waals surface area contributed by atoms with Crippen LogP contribution < -0.4 is 4.74 Å². The second-order valence-corrected chi connectivity index (χ2v) is 8.76. The van der Waals surface area contributed by atoms with Crippen molar-refractivity contribution in [2.24, 2.45) is 0 Å². The number of ether oxygens (including phenoxy) is 1. The maximum Gasteiger partial charge on any atom is 0.196 e. The molecule has 1 heterocycles. The fourth-order valence-corrected chi connectivity index (χ4v) is 4.87. The average Bonchev–Trinajstić information content (AvgIpc) is 3.18. The summed E-state index contributed by atoms with van der Waals surface area (Å²) >= 11 is 20.3. The van der Waals surface area contributed by atoms with Crippen LogP contribution in [0, 0.1) is 0 Å². The molecule has 3 aromatic carbocycles. The lowest BCUT2D eigenvalue weighted by molar-refractivity contribution is 0.340. The number of aromatic nitrogens is 3. The van der Waals surface area contributed by atoms with Gasteiger partial charge in [-0.05, 0) is 73.2 Å². The van der Waals surface area contributed by atoms with E-state index < -0.39 is 0 Å². The first kappa shape index (κ1) is 22.0. The minimum atomic E-state index is 0.564. The molecule has 0 radical (unpaired) electrons. The van der Waals surface area contributed by atoms with Crippen molar-refractivity contribution < 1.29 is 4.74 Å². The van der Waals surface area contributed by atoms with Crippen LogP contribution in [0.4, 0.5) is 0 Å². The highest BCUT2D eigenvalue weighted by Gasteiger charge is 2.17. The van der Waals surface area contributed by atoms with Gasteiger partial charge >= 0.3 is 0 Å². The van der Waals surface area contributed by atoms with Crippen LogP contribution in [0.2, 0.25) is 15.1 Å². The van der Waals surface area contributed by atoms with Crippen molar-refractivity contribution in [1.82, 2.24) is 14.8 Å². The standard InChI is InChI=1S/C23H18Cl3N3OS/c1-2-30-18-12-10-17(11-13-18)29-22(15-6-8-16(24)9-7-15)27-28-23(29)31-14-19-20(25)4-3-5-21(19)26/h3-13H,2,14H2,1H3. The van der Waals surface area contributed by atoms with E-state index in [4.69, 9.17) is 39.5 Å². The molecule has 4 aromatic rings. The number of nitrogens with zero attached hydrogens (tertiary/aromatic N) is 3. The second kappa shape index (κ2) is 9.96. The van der Waals surface area contributed by atoms with Gasteiger partial charge in [-0.3, -0.25) is 4.57 Å². The van der Waals surface area contributed by atoms with Crippen LogP contribution in [-0.4, -0.2) is 21.4 Å². The molecule has 0 aliphatic carbocycles. The summed E-state index contributed by atoms with van der Waals surface area (Å²) in [4.78, 5) is 0. The van der Waals surface area contributed by atoms with E-state index in [1.165, 1.54) is 11.8 Å². The highest BCUT2D eigenvalue weighted by Crippen LogP contribution is 2.34. The van der Waals surface area contributed by atoms with Crippen LogP contribution in [0.15, 0.2) is 71.9 Å². The molecule has 31 heavy (non-hydrogen) atoms. The molecule has 0 aliphatic rings. The van der Waals surface area contributed by atoms with E-state index in [-0.39, 0.29) is 0 Å². The molecule has 8 heteroatoms. The molecule has 0 saturated carbocycles. The fraction of sp³-hybridized carbons (Fsp3) is 0.130. The van der Waals surface area contributed by atoms with Crippen molar-refractivity contribution in [2.45, 2.75) is 17.8 Å². The zero-order valence-corrected chi connectivity index (χ0v) is 19.6. The molecule has 0 aliphatic heterocycles. The Morgan fingerprint density at radius 2 is 1.55 bits per heavy atom.